The molecule has 0 aliphatic heterocycles. The molecule has 0 amide bonds. The zero-order valence-electron chi connectivity index (χ0n) is 11.6. The van der Waals surface area contributed by atoms with Crippen molar-refractivity contribution in [3.63, 3.8) is 0 Å². The van der Waals surface area contributed by atoms with Crippen LogP contribution in [0.1, 0.15) is 32.3 Å². The summed E-state index contributed by atoms with van der Waals surface area (Å²) in [5.74, 6) is 1.41. The van der Waals surface area contributed by atoms with Crippen LogP contribution < -0.4 is 10.1 Å². The Bertz CT molecular complexity index is 427. The van der Waals surface area contributed by atoms with Crippen LogP contribution in [-0.4, -0.2) is 13.2 Å². The van der Waals surface area contributed by atoms with Gasteiger partial charge in [0.15, 0.2) is 0 Å². The first-order chi connectivity index (χ1) is 9.15. The van der Waals surface area contributed by atoms with E-state index in [4.69, 9.17) is 21.6 Å². The first-order valence-corrected chi connectivity index (χ1v) is 7.00. The number of nitrogens with one attached hydrogen (secondary N) is 1. The summed E-state index contributed by atoms with van der Waals surface area (Å²) >= 11 is 6.21. The minimum Gasteiger partial charge on any atom is -0.493 e. The highest BCUT2D eigenvalue weighted by Gasteiger charge is 2.08. The molecule has 1 aromatic rings. The Hall–Kier alpha value is -1.24. The van der Waals surface area contributed by atoms with Crippen molar-refractivity contribution in [2.45, 2.75) is 33.2 Å². The summed E-state index contributed by atoms with van der Waals surface area (Å²) in [6.07, 6.45) is 1.25. The number of nitriles is 1. The van der Waals surface area contributed by atoms with E-state index in [-0.39, 0.29) is 0 Å². The number of ether oxygens (including phenoxy) is 1. The van der Waals surface area contributed by atoms with Crippen molar-refractivity contribution < 1.29 is 4.74 Å². The Labute approximate surface area is 120 Å². The summed E-state index contributed by atoms with van der Waals surface area (Å²) in [5.41, 5.74) is 0.988. The van der Waals surface area contributed by atoms with Gasteiger partial charge >= 0.3 is 0 Å². The number of rotatable bonds is 8. The first kappa shape index (κ1) is 15.8. The minimum absolute atomic E-state index is 0.515. The van der Waals surface area contributed by atoms with Gasteiger partial charge in [0.05, 0.1) is 12.7 Å². The number of nitrogens with zero attached hydrogens (tertiary/aromatic N) is 1. The van der Waals surface area contributed by atoms with Crippen LogP contribution in [0.2, 0.25) is 5.02 Å². The molecule has 1 aromatic carbocycles. The second-order valence-corrected chi connectivity index (χ2v) is 5.26. The molecule has 0 spiro atoms. The molecule has 0 aliphatic rings. The van der Waals surface area contributed by atoms with Gasteiger partial charge in [-0.1, -0.05) is 31.5 Å². The van der Waals surface area contributed by atoms with Crippen molar-refractivity contribution >= 4 is 11.6 Å². The molecule has 3 nitrogen and oxygen atoms in total. The molecule has 1 rings (SSSR count). The SMILES string of the molecule is CC(C)CNCc1c(Cl)cccc1OCCCC#N. The van der Waals surface area contributed by atoms with Gasteiger partial charge in [-0.2, -0.15) is 5.26 Å². The molecule has 0 bridgehead atoms. The Morgan fingerprint density at radius 3 is 2.89 bits per heavy atom. The maximum Gasteiger partial charge on any atom is 0.125 e. The van der Waals surface area contributed by atoms with Crippen LogP contribution >= 0.6 is 11.6 Å². The van der Waals surface area contributed by atoms with Crippen molar-refractivity contribution in [1.29, 1.82) is 5.26 Å². The second kappa shape index (κ2) is 8.79. The van der Waals surface area contributed by atoms with E-state index in [0.29, 0.717) is 30.5 Å². The van der Waals surface area contributed by atoms with Gasteiger partial charge in [-0.05, 0) is 31.0 Å². The van der Waals surface area contributed by atoms with E-state index in [1.54, 1.807) is 0 Å². The molecule has 0 radical (unpaired) electrons. The lowest BCUT2D eigenvalue weighted by molar-refractivity contribution is 0.308. The monoisotopic (exact) mass is 280 g/mol. The average Bonchev–Trinajstić information content (AvgIpc) is 2.37. The summed E-state index contributed by atoms with van der Waals surface area (Å²) < 4.78 is 5.70. The molecule has 0 saturated carbocycles. The Morgan fingerprint density at radius 2 is 2.21 bits per heavy atom. The highest BCUT2D eigenvalue weighted by Crippen LogP contribution is 2.26. The van der Waals surface area contributed by atoms with Crippen LogP contribution in [0.5, 0.6) is 5.75 Å². The van der Waals surface area contributed by atoms with Gasteiger partial charge < -0.3 is 10.1 Å². The van der Waals surface area contributed by atoms with E-state index in [2.05, 4.69) is 25.2 Å². The van der Waals surface area contributed by atoms with E-state index in [9.17, 15) is 0 Å². The molecule has 4 heteroatoms. The molecule has 0 aromatic heterocycles. The van der Waals surface area contributed by atoms with Gasteiger partial charge in [0.2, 0.25) is 0 Å². The van der Waals surface area contributed by atoms with Gasteiger partial charge in [-0.15, -0.1) is 0 Å². The van der Waals surface area contributed by atoms with Crippen molar-refractivity contribution in [3.8, 4) is 11.8 Å². The van der Waals surface area contributed by atoms with Crippen LogP contribution in [0.25, 0.3) is 0 Å². The summed E-state index contributed by atoms with van der Waals surface area (Å²) in [5, 5.41) is 12.6. The third-order valence-electron chi connectivity index (χ3n) is 2.62. The van der Waals surface area contributed by atoms with Crippen molar-refractivity contribution in [2.24, 2.45) is 5.92 Å². The number of unbranched alkanes of at least 4 members (excludes halogenated alkanes) is 1. The molecule has 0 aliphatic carbocycles. The van der Waals surface area contributed by atoms with Crippen molar-refractivity contribution in [2.75, 3.05) is 13.2 Å². The lowest BCUT2D eigenvalue weighted by atomic mass is 10.1. The van der Waals surface area contributed by atoms with Crippen LogP contribution in [0.3, 0.4) is 0 Å². The average molecular weight is 281 g/mol. The van der Waals surface area contributed by atoms with Crippen LogP contribution in [0.15, 0.2) is 18.2 Å². The van der Waals surface area contributed by atoms with Gasteiger partial charge in [0, 0.05) is 23.6 Å². The highest BCUT2D eigenvalue weighted by molar-refractivity contribution is 6.31. The summed E-state index contributed by atoms with van der Waals surface area (Å²) in [6, 6.07) is 7.78. The number of hydrogen-bond donors (Lipinski definition) is 1. The van der Waals surface area contributed by atoms with Gasteiger partial charge in [0.1, 0.15) is 5.75 Å². The van der Waals surface area contributed by atoms with Gasteiger partial charge in [-0.25, -0.2) is 0 Å². The smallest absolute Gasteiger partial charge is 0.125 e. The molecule has 0 saturated heterocycles. The molecular formula is C15H21ClN2O. The zero-order chi connectivity index (χ0) is 14.1. The maximum absolute atomic E-state index is 8.49. The largest absolute Gasteiger partial charge is 0.493 e. The Balaban J connectivity index is 2.59. The Kier molecular flexibility index (Phi) is 7.32. The van der Waals surface area contributed by atoms with E-state index in [0.717, 1.165) is 24.3 Å². The van der Waals surface area contributed by atoms with Gasteiger partial charge in [-0.3, -0.25) is 0 Å². The minimum atomic E-state index is 0.515. The molecule has 0 atom stereocenters. The maximum atomic E-state index is 8.49. The summed E-state index contributed by atoms with van der Waals surface area (Å²) in [4.78, 5) is 0. The van der Waals surface area contributed by atoms with Gasteiger partial charge in [0.25, 0.3) is 0 Å². The number of benzene rings is 1. The fourth-order valence-corrected chi connectivity index (χ4v) is 1.90. The van der Waals surface area contributed by atoms with Crippen LogP contribution in [0, 0.1) is 17.2 Å². The zero-order valence-corrected chi connectivity index (χ0v) is 12.3. The second-order valence-electron chi connectivity index (χ2n) is 4.85. The Morgan fingerprint density at radius 1 is 1.42 bits per heavy atom. The number of hydrogen-bond acceptors (Lipinski definition) is 3. The fraction of sp³-hybridized carbons (Fsp3) is 0.533. The summed E-state index contributed by atoms with van der Waals surface area (Å²) in [6.45, 7) is 6.52. The van der Waals surface area contributed by atoms with E-state index in [1.807, 2.05) is 18.2 Å². The normalized spacial score (nSPS) is 10.5. The van der Waals surface area contributed by atoms with Crippen molar-refractivity contribution in [3.05, 3.63) is 28.8 Å². The molecule has 0 heterocycles. The standard InChI is InChI=1S/C15H21ClN2O/c1-12(2)10-18-11-13-14(16)6-5-7-15(13)19-9-4-3-8-17/h5-7,12,18H,3-4,9-11H2,1-2H3. The molecule has 0 unspecified atom stereocenters. The molecule has 1 N–H and O–H groups in total. The van der Waals surface area contributed by atoms with E-state index < -0.39 is 0 Å². The fourth-order valence-electron chi connectivity index (χ4n) is 1.66. The van der Waals surface area contributed by atoms with Crippen LogP contribution in [-0.2, 0) is 6.54 Å². The quantitative estimate of drug-likeness (QED) is 0.737. The molecular weight excluding hydrogens is 260 g/mol. The lowest BCUT2D eigenvalue weighted by Crippen LogP contribution is -2.19. The summed E-state index contributed by atoms with van der Waals surface area (Å²) in [7, 11) is 0. The highest BCUT2D eigenvalue weighted by atomic mass is 35.5. The first-order valence-electron chi connectivity index (χ1n) is 6.63. The van der Waals surface area contributed by atoms with E-state index >= 15 is 0 Å². The topological polar surface area (TPSA) is 45.0 Å². The predicted octanol–water partition coefficient (Wildman–Crippen LogP) is 3.77. The van der Waals surface area contributed by atoms with E-state index in [1.165, 1.54) is 0 Å². The number of halogens is 1. The van der Waals surface area contributed by atoms with Crippen LogP contribution in [0.4, 0.5) is 0 Å². The third-order valence-corrected chi connectivity index (χ3v) is 2.97. The molecule has 0 fully saturated rings. The molecule has 104 valence electrons. The predicted molar refractivity (Wildman–Crippen MR) is 78.3 cm³/mol. The van der Waals surface area contributed by atoms with Crippen molar-refractivity contribution in [1.82, 2.24) is 5.32 Å². The third kappa shape index (κ3) is 5.96. The lowest BCUT2D eigenvalue weighted by Gasteiger charge is -2.14. The molecule has 19 heavy (non-hydrogen) atoms.